The van der Waals surface area contributed by atoms with Crippen LogP contribution in [0.5, 0.6) is 0 Å². The summed E-state index contributed by atoms with van der Waals surface area (Å²) >= 11 is 13.9. The average molecular weight is 715 g/mol. The highest BCUT2D eigenvalue weighted by atomic mass is 35.5. The molecule has 2 aromatic heterocycles. The zero-order valence-electron chi connectivity index (χ0n) is 24.7. The molecule has 3 atom stereocenters. The molecule has 18 heteroatoms. The van der Waals surface area contributed by atoms with Gasteiger partial charge in [-0.25, -0.2) is 13.4 Å². The van der Waals surface area contributed by atoms with Crippen LogP contribution >= 0.6 is 34.5 Å². The van der Waals surface area contributed by atoms with Gasteiger partial charge < -0.3 is 14.6 Å². The van der Waals surface area contributed by atoms with Crippen molar-refractivity contribution < 1.29 is 41.0 Å². The van der Waals surface area contributed by atoms with Crippen LogP contribution in [0.1, 0.15) is 71.2 Å². The van der Waals surface area contributed by atoms with Crippen molar-refractivity contribution in [2.24, 2.45) is 5.41 Å². The molecule has 45 heavy (non-hydrogen) atoms. The highest BCUT2D eigenvalue weighted by molar-refractivity contribution is 7.89. The molecule has 0 spiro atoms. The number of hydrogen-bond acceptors (Lipinski definition) is 10. The molecular formula is C27H32Cl2F3N5O6S2. The summed E-state index contributed by atoms with van der Waals surface area (Å²) in [5, 5.41) is 28.3. The lowest BCUT2D eigenvalue weighted by Gasteiger charge is -2.36. The average Bonchev–Trinajstić information content (AvgIpc) is 3.59. The van der Waals surface area contributed by atoms with Crippen molar-refractivity contribution in [2.45, 2.75) is 89.2 Å². The van der Waals surface area contributed by atoms with Gasteiger partial charge in [0.1, 0.15) is 16.6 Å². The molecule has 1 aliphatic heterocycles. The minimum atomic E-state index is -4.83. The second-order valence-electron chi connectivity index (χ2n) is 11.4. The molecule has 1 unspecified atom stereocenters. The molecule has 0 bridgehead atoms. The number of carboxylic acid groups (broad SMARTS) is 1. The quantitative estimate of drug-likeness (QED) is 0.206. The SMILES string of the molecule is CC[C@H](NS(=O)(=O)c1ccc(-c2sc(-c3nnc(CC(C)(C)C(=O)O)o3)nc2C(O)N2CCCC[C@@H]2C)c(Cl)c1Cl)C(F)(F)F. The zero-order valence-corrected chi connectivity index (χ0v) is 27.8. The molecular weight excluding hydrogens is 682 g/mol. The van der Waals surface area contributed by atoms with E-state index in [0.29, 0.717) is 6.54 Å². The maximum atomic E-state index is 13.3. The second kappa shape index (κ2) is 13.4. The van der Waals surface area contributed by atoms with Crippen LogP contribution in [0.3, 0.4) is 0 Å². The molecule has 1 aliphatic rings. The van der Waals surface area contributed by atoms with Crippen molar-refractivity contribution in [1.29, 1.82) is 0 Å². The number of aromatic nitrogens is 3. The number of benzene rings is 1. The van der Waals surface area contributed by atoms with Gasteiger partial charge in [0, 0.05) is 24.6 Å². The predicted molar refractivity (Wildman–Crippen MR) is 161 cm³/mol. The van der Waals surface area contributed by atoms with Crippen molar-refractivity contribution >= 4 is 50.5 Å². The van der Waals surface area contributed by atoms with Crippen LogP contribution in [0.4, 0.5) is 13.2 Å². The van der Waals surface area contributed by atoms with Crippen LogP contribution in [0, 0.1) is 5.41 Å². The monoisotopic (exact) mass is 713 g/mol. The van der Waals surface area contributed by atoms with Gasteiger partial charge in [0.2, 0.25) is 15.9 Å². The van der Waals surface area contributed by atoms with E-state index < -0.39 is 56.2 Å². The summed E-state index contributed by atoms with van der Waals surface area (Å²) in [6, 6.07) is -0.0288. The smallest absolute Gasteiger partial charge is 0.404 e. The number of rotatable bonds is 11. The van der Waals surface area contributed by atoms with Crippen molar-refractivity contribution in [2.75, 3.05) is 6.54 Å². The number of hydrogen-bond donors (Lipinski definition) is 3. The largest absolute Gasteiger partial charge is 0.481 e. The number of nitrogens with one attached hydrogen (secondary N) is 1. The van der Waals surface area contributed by atoms with E-state index in [2.05, 4.69) is 15.2 Å². The van der Waals surface area contributed by atoms with E-state index in [1.807, 2.05) is 11.8 Å². The standard InChI is InChI=1S/C27H32Cl2F3N5O6S2/c1-5-16(27(30,31)32)36-45(41,42)15-10-9-14(18(28)19(15)29)21-20(24(38)37-11-7-6-8-13(37)2)33-23(44-21)22-35-34-17(43-22)12-26(3,4)25(39)40/h9-10,13,16,24,36,38H,5-8,11-12H2,1-4H3,(H,39,40)/t13-,16-,24?/m0/s1. The third kappa shape index (κ3) is 7.63. The Morgan fingerprint density at radius 1 is 1.22 bits per heavy atom. The number of aliphatic hydroxyl groups excluding tert-OH is 1. The lowest BCUT2D eigenvalue weighted by molar-refractivity contribution is -0.151. The minimum Gasteiger partial charge on any atom is -0.481 e. The number of carbonyl (C=O) groups is 1. The highest BCUT2D eigenvalue weighted by Crippen LogP contribution is 2.45. The first-order valence-electron chi connectivity index (χ1n) is 14.0. The van der Waals surface area contributed by atoms with Crippen LogP contribution in [0.15, 0.2) is 21.4 Å². The number of thiazole rings is 1. The highest BCUT2D eigenvalue weighted by Gasteiger charge is 2.42. The molecule has 3 heterocycles. The number of nitrogens with zero attached hydrogens (tertiary/aromatic N) is 4. The lowest BCUT2D eigenvalue weighted by atomic mass is 9.90. The van der Waals surface area contributed by atoms with Gasteiger partial charge in [0.15, 0.2) is 11.2 Å². The van der Waals surface area contributed by atoms with Gasteiger partial charge in [-0.3, -0.25) is 9.69 Å². The van der Waals surface area contributed by atoms with E-state index >= 15 is 0 Å². The Balaban J connectivity index is 1.79. The number of aliphatic carboxylic acids is 1. The minimum absolute atomic E-state index is 0.00203. The van der Waals surface area contributed by atoms with Crippen molar-refractivity contribution in [3.63, 3.8) is 0 Å². The zero-order chi connectivity index (χ0) is 33.5. The third-order valence-electron chi connectivity index (χ3n) is 7.57. The Morgan fingerprint density at radius 2 is 1.91 bits per heavy atom. The van der Waals surface area contributed by atoms with Gasteiger partial charge in [-0.05, 0) is 46.1 Å². The van der Waals surface area contributed by atoms with Crippen LogP contribution in [0.2, 0.25) is 10.0 Å². The molecule has 1 saturated heterocycles. The summed E-state index contributed by atoms with van der Waals surface area (Å²) in [4.78, 5) is 17.6. The van der Waals surface area contributed by atoms with Gasteiger partial charge in [0.05, 0.1) is 20.3 Å². The first kappa shape index (κ1) is 35.5. The van der Waals surface area contributed by atoms with Gasteiger partial charge in [-0.2, -0.15) is 17.9 Å². The molecule has 0 aliphatic carbocycles. The normalized spacial score (nSPS) is 18.2. The van der Waals surface area contributed by atoms with Crippen molar-refractivity contribution in [3.05, 3.63) is 33.8 Å². The topological polar surface area (TPSA) is 159 Å². The molecule has 1 aromatic carbocycles. The van der Waals surface area contributed by atoms with Crippen LogP contribution in [-0.2, 0) is 21.2 Å². The number of aliphatic hydroxyl groups is 1. The summed E-state index contributed by atoms with van der Waals surface area (Å²) in [6.45, 7) is 6.73. The summed E-state index contributed by atoms with van der Waals surface area (Å²) in [6.07, 6.45) is -4.02. The Labute approximate surface area is 271 Å². The summed E-state index contributed by atoms with van der Waals surface area (Å²) in [5.74, 6) is -1.06. The van der Waals surface area contributed by atoms with Crippen LogP contribution < -0.4 is 4.72 Å². The summed E-state index contributed by atoms with van der Waals surface area (Å²) in [5.41, 5.74) is -0.885. The van der Waals surface area contributed by atoms with Gasteiger partial charge >= 0.3 is 12.1 Å². The summed E-state index contributed by atoms with van der Waals surface area (Å²) in [7, 11) is -4.75. The fourth-order valence-corrected chi connectivity index (χ4v) is 8.11. The van der Waals surface area contributed by atoms with Crippen LogP contribution in [0.25, 0.3) is 21.3 Å². The Morgan fingerprint density at radius 3 is 2.51 bits per heavy atom. The molecule has 0 saturated carbocycles. The molecule has 0 amide bonds. The molecule has 3 N–H and O–H groups in total. The first-order valence-corrected chi connectivity index (χ1v) is 17.0. The van der Waals surface area contributed by atoms with E-state index in [-0.39, 0.29) is 50.4 Å². The Bertz CT molecular complexity index is 1660. The molecule has 4 rings (SSSR count). The van der Waals surface area contributed by atoms with Crippen molar-refractivity contribution in [1.82, 2.24) is 24.8 Å². The number of sulfonamides is 1. The number of alkyl halides is 3. The summed E-state index contributed by atoms with van der Waals surface area (Å²) < 4.78 is 73.2. The van der Waals surface area contributed by atoms with Gasteiger partial charge in [-0.15, -0.1) is 21.5 Å². The van der Waals surface area contributed by atoms with Crippen molar-refractivity contribution in [3.8, 4) is 21.3 Å². The Hall–Kier alpha value is -2.34. The fraction of sp³-hybridized carbons (Fsp3) is 0.556. The third-order valence-corrected chi connectivity index (χ3v) is 11.2. The molecule has 0 radical (unpaired) electrons. The molecule has 11 nitrogen and oxygen atoms in total. The van der Waals surface area contributed by atoms with E-state index in [9.17, 15) is 36.6 Å². The number of piperidine rings is 1. The first-order chi connectivity index (χ1) is 20.9. The van der Waals surface area contributed by atoms with Gasteiger partial charge in [-0.1, -0.05) is 42.6 Å². The molecule has 248 valence electrons. The van der Waals surface area contributed by atoms with Gasteiger partial charge in [0.25, 0.3) is 5.89 Å². The maximum absolute atomic E-state index is 13.3. The number of carboxylic acids is 1. The second-order valence-corrected chi connectivity index (χ2v) is 14.9. The number of halogens is 5. The van der Waals surface area contributed by atoms with E-state index in [0.717, 1.165) is 36.7 Å². The van der Waals surface area contributed by atoms with E-state index in [4.69, 9.17) is 27.6 Å². The maximum Gasteiger partial charge on any atom is 0.404 e. The van der Waals surface area contributed by atoms with E-state index in [1.165, 1.54) is 26.8 Å². The lowest BCUT2D eigenvalue weighted by Crippen LogP contribution is -2.44. The molecule has 3 aromatic rings. The predicted octanol–water partition coefficient (Wildman–Crippen LogP) is 6.30. The van der Waals surface area contributed by atoms with E-state index in [1.54, 1.807) is 4.72 Å². The van der Waals surface area contributed by atoms with Crippen LogP contribution in [-0.4, -0.2) is 69.5 Å². The Kier molecular flexibility index (Phi) is 10.6. The molecule has 1 fully saturated rings. The number of likely N-dealkylation sites (tertiary alicyclic amines) is 1. The fourth-order valence-electron chi connectivity index (χ4n) is 4.84.